The first-order chi connectivity index (χ1) is 12.6. The Labute approximate surface area is 165 Å². The largest absolute Gasteiger partial charge is 0.227 e. The van der Waals surface area contributed by atoms with E-state index in [2.05, 4.69) is 69.1 Å². The van der Waals surface area contributed by atoms with Gasteiger partial charge in [-0.1, -0.05) is 42.5 Å². The van der Waals surface area contributed by atoms with Crippen molar-refractivity contribution in [3.8, 4) is 17.1 Å². The van der Waals surface area contributed by atoms with Crippen molar-refractivity contribution in [2.45, 2.75) is 20.4 Å². The van der Waals surface area contributed by atoms with Crippen molar-refractivity contribution >= 4 is 22.6 Å². The summed E-state index contributed by atoms with van der Waals surface area (Å²) in [5.41, 5.74) is 5.53. The smallest absolute Gasteiger partial charge is 0.209 e. The van der Waals surface area contributed by atoms with Gasteiger partial charge in [-0.15, -0.1) is 10.2 Å². The number of benzene rings is 2. The predicted octanol–water partition coefficient (Wildman–Crippen LogP) is 3.80. The Morgan fingerprint density at radius 2 is 1.81 bits per heavy atom. The Hall–Kier alpha value is -2.55. The first-order valence-electron chi connectivity index (χ1n) is 8.25. The molecule has 0 aliphatic rings. The number of hydrogen-bond acceptors (Lipinski definition) is 4. The highest BCUT2D eigenvalue weighted by molar-refractivity contribution is 14.1. The lowest BCUT2D eigenvalue weighted by molar-refractivity contribution is 0.573. The Balaban J connectivity index is 1.66. The summed E-state index contributed by atoms with van der Waals surface area (Å²) in [6.07, 6.45) is 1.80. The van der Waals surface area contributed by atoms with Gasteiger partial charge in [0.1, 0.15) is 3.70 Å². The van der Waals surface area contributed by atoms with E-state index in [-0.39, 0.29) is 0 Å². The van der Waals surface area contributed by atoms with E-state index in [0.29, 0.717) is 12.4 Å². The van der Waals surface area contributed by atoms with Gasteiger partial charge in [0.05, 0.1) is 24.0 Å². The first kappa shape index (κ1) is 16.9. The maximum atomic E-state index is 4.55. The molecule has 2 heterocycles. The summed E-state index contributed by atoms with van der Waals surface area (Å²) in [4.78, 5) is 1.61. The van der Waals surface area contributed by atoms with Crippen LogP contribution in [0.25, 0.3) is 17.1 Å². The summed E-state index contributed by atoms with van der Waals surface area (Å²) < 4.78 is 2.89. The molecule has 4 aromatic rings. The van der Waals surface area contributed by atoms with E-state index >= 15 is 0 Å². The monoisotopic (exact) mass is 456 g/mol. The molecule has 0 unspecified atom stereocenters. The molecule has 130 valence electrons. The third-order valence-corrected chi connectivity index (χ3v) is 5.41. The molecule has 6 nitrogen and oxygen atoms in total. The number of aryl methyl sites for hydroxylation is 1. The molecule has 0 N–H and O–H groups in total. The highest BCUT2D eigenvalue weighted by Crippen LogP contribution is 2.26. The number of rotatable bonds is 4. The number of halogens is 1. The lowest BCUT2D eigenvalue weighted by Gasteiger charge is -2.09. The van der Waals surface area contributed by atoms with Gasteiger partial charge in [-0.2, -0.15) is 9.90 Å². The zero-order valence-corrected chi connectivity index (χ0v) is 16.6. The molecule has 0 amide bonds. The first-order valence-corrected chi connectivity index (χ1v) is 9.33. The Kier molecular flexibility index (Phi) is 4.54. The van der Waals surface area contributed by atoms with Crippen LogP contribution in [0.2, 0.25) is 0 Å². The maximum Gasteiger partial charge on any atom is 0.209 e. The van der Waals surface area contributed by atoms with Crippen LogP contribution in [-0.4, -0.2) is 30.0 Å². The zero-order chi connectivity index (χ0) is 18.1. The second-order valence-electron chi connectivity index (χ2n) is 6.11. The third kappa shape index (κ3) is 3.14. The van der Waals surface area contributed by atoms with E-state index in [4.69, 9.17) is 0 Å². The number of hydrogen-bond donors (Lipinski definition) is 0. The van der Waals surface area contributed by atoms with Crippen LogP contribution in [0.15, 0.2) is 54.7 Å². The van der Waals surface area contributed by atoms with E-state index in [1.807, 2.05) is 41.1 Å². The predicted molar refractivity (Wildman–Crippen MR) is 108 cm³/mol. The van der Waals surface area contributed by atoms with Gasteiger partial charge in [0.2, 0.25) is 5.82 Å². The van der Waals surface area contributed by atoms with Gasteiger partial charge in [0.15, 0.2) is 0 Å². The standard InChI is InChI=1S/C19H17IN6/c1-13-7-6-10-17(14(13)2)26-18(20)16(11-21-26)19-22-24-25(23-19)12-15-8-4-3-5-9-15/h3-11H,12H2,1-2H3. The van der Waals surface area contributed by atoms with Crippen molar-refractivity contribution in [2.75, 3.05) is 0 Å². The highest BCUT2D eigenvalue weighted by atomic mass is 127. The van der Waals surface area contributed by atoms with Crippen molar-refractivity contribution in [3.05, 3.63) is 75.1 Å². The fourth-order valence-corrected chi connectivity index (χ4v) is 3.55. The minimum Gasteiger partial charge on any atom is -0.227 e. The van der Waals surface area contributed by atoms with Crippen molar-refractivity contribution in [1.82, 2.24) is 30.0 Å². The molecule has 4 rings (SSSR count). The summed E-state index contributed by atoms with van der Waals surface area (Å²) in [5, 5.41) is 17.5. The summed E-state index contributed by atoms with van der Waals surface area (Å²) in [6.45, 7) is 4.80. The van der Waals surface area contributed by atoms with Gasteiger partial charge in [-0.25, -0.2) is 4.68 Å². The number of nitrogens with zero attached hydrogens (tertiary/aromatic N) is 6. The quantitative estimate of drug-likeness (QED) is 0.439. The summed E-state index contributed by atoms with van der Waals surface area (Å²) >= 11 is 2.29. The van der Waals surface area contributed by atoms with Crippen molar-refractivity contribution in [3.63, 3.8) is 0 Å². The van der Waals surface area contributed by atoms with Crippen LogP contribution in [0, 0.1) is 17.5 Å². The molecular formula is C19H17IN6. The molecule has 2 aromatic heterocycles. The molecule has 0 saturated heterocycles. The minimum absolute atomic E-state index is 0.585. The van der Waals surface area contributed by atoms with Gasteiger partial charge >= 0.3 is 0 Å². The molecule has 0 saturated carbocycles. The summed E-state index contributed by atoms with van der Waals surface area (Å²) in [6, 6.07) is 16.3. The van der Waals surface area contributed by atoms with Gasteiger partial charge in [0, 0.05) is 0 Å². The van der Waals surface area contributed by atoms with Gasteiger partial charge in [0.25, 0.3) is 0 Å². The molecular weight excluding hydrogens is 439 g/mol. The van der Waals surface area contributed by atoms with Gasteiger partial charge in [-0.3, -0.25) is 0 Å². The SMILES string of the molecule is Cc1cccc(-n2ncc(-c3nnn(Cc4ccccc4)n3)c2I)c1C. The molecule has 2 aromatic carbocycles. The lowest BCUT2D eigenvalue weighted by atomic mass is 10.1. The normalized spacial score (nSPS) is 11.0. The fraction of sp³-hybridized carbons (Fsp3) is 0.158. The van der Waals surface area contributed by atoms with E-state index in [1.165, 1.54) is 11.1 Å². The second kappa shape index (κ2) is 6.99. The fourth-order valence-electron chi connectivity index (χ4n) is 2.78. The average molecular weight is 456 g/mol. The van der Waals surface area contributed by atoms with E-state index in [1.54, 1.807) is 11.0 Å². The Morgan fingerprint density at radius 1 is 1.00 bits per heavy atom. The van der Waals surface area contributed by atoms with Crippen LogP contribution >= 0.6 is 22.6 Å². The second-order valence-corrected chi connectivity index (χ2v) is 7.13. The molecule has 26 heavy (non-hydrogen) atoms. The minimum atomic E-state index is 0.585. The molecule has 0 spiro atoms. The summed E-state index contributed by atoms with van der Waals surface area (Å²) in [7, 11) is 0. The van der Waals surface area contributed by atoms with Crippen LogP contribution in [0.1, 0.15) is 16.7 Å². The van der Waals surface area contributed by atoms with Crippen LogP contribution in [0.3, 0.4) is 0 Å². The van der Waals surface area contributed by atoms with Crippen LogP contribution in [0.5, 0.6) is 0 Å². The molecule has 0 atom stereocenters. The van der Waals surface area contributed by atoms with Gasteiger partial charge < -0.3 is 0 Å². The van der Waals surface area contributed by atoms with Crippen molar-refractivity contribution < 1.29 is 0 Å². The van der Waals surface area contributed by atoms with Gasteiger partial charge in [-0.05, 0) is 64.4 Å². The topological polar surface area (TPSA) is 61.4 Å². The van der Waals surface area contributed by atoms with Crippen molar-refractivity contribution in [2.24, 2.45) is 0 Å². The number of aromatic nitrogens is 6. The molecule has 0 bridgehead atoms. The van der Waals surface area contributed by atoms with Crippen LogP contribution in [0.4, 0.5) is 0 Å². The highest BCUT2D eigenvalue weighted by Gasteiger charge is 2.17. The number of tetrazole rings is 1. The third-order valence-electron chi connectivity index (χ3n) is 4.38. The summed E-state index contributed by atoms with van der Waals surface area (Å²) in [5.74, 6) is 0.585. The molecule has 0 fully saturated rings. The van der Waals surface area contributed by atoms with Crippen LogP contribution in [-0.2, 0) is 6.54 Å². The van der Waals surface area contributed by atoms with Crippen LogP contribution < -0.4 is 0 Å². The van der Waals surface area contributed by atoms with E-state index in [0.717, 1.165) is 20.5 Å². The maximum absolute atomic E-state index is 4.55. The molecule has 0 aliphatic carbocycles. The lowest BCUT2D eigenvalue weighted by Crippen LogP contribution is -2.04. The molecule has 0 radical (unpaired) electrons. The Morgan fingerprint density at radius 3 is 2.62 bits per heavy atom. The van der Waals surface area contributed by atoms with E-state index < -0.39 is 0 Å². The van der Waals surface area contributed by atoms with E-state index in [9.17, 15) is 0 Å². The zero-order valence-electron chi connectivity index (χ0n) is 14.5. The van der Waals surface area contributed by atoms with Crippen molar-refractivity contribution in [1.29, 1.82) is 0 Å². The Bertz CT molecular complexity index is 1050. The molecule has 0 aliphatic heterocycles. The molecule has 7 heteroatoms. The average Bonchev–Trinajstić information content (AvgIpc) is 3.25.